The van der Waals surface area contributed by atoms with Crippen molar-refractivity contribution in [2.24, 2.45) is 0 Å². The number of nitrogens with one attached hydrogen (secondary N) is 2. The Morgan fingerprint density at radius 2 is 1.96 bits per heavy atom. The summed E-state index contributed by atoms with van der Waals surface area (Å²) in [5, 5.41) is 13.4. The fourth-order valence-corrected chi connectivity index (χ4v) is 2.65. The van der Waals surface area contributed by atoms with Gasteiger partial charge in [0.25, 0.3) is 0 Å². The molecule has 0 saturated carbocycles. The lowest BCUT2D eigenvalue weighted by Gasteiger charge is -2.13. The summed E-state index contributed by atoms with van der Waals surface area (Å²) in [4.78, 5) is 4.18. The van der Waals surface area contributed by atoms with Crippen LogP contribution < -0.4 is 10.6 Å². The highest BCUT2D eigenvalue weighted by molar-refractivity contribution is 5.57. The Kier molecular flexibility index (Phi) is 5.30. The largest absolute Gasteiger partial charge is 0.353 e. The summed E-state index contributed by atoms with van der Waals surface area (Å²) >= 11 is 0. The fraction of sp³-hybridized carbons (Fsp3) is 0.353. The Morgan fingerprint density at radius 3 is 2.71 bits per heavy atom. The average Bonchev–Trinajstić information content (AvgIpc) is 2.60. The van der Waals surface area contributed by atoms with Crippen LogP contribution in [0.4, 0.5) is 26.2 Å². The quantitative estimate of drug-likeness (QED) is 0.777. The SMILES string of the molecule is Fc1cccc(F)c1Nc1cnnc(NCCC2=CCCCC2)n1. The van der Waals surface area contributed by atoms with Crippen molar-refractivity contribution < 1.29 is 8.78 Å². The number of aromatic nitrogens is 3. The third-order valence-corrected chi connectivity index (χ3v) is 3.89. The lowest BCUT2D eigenvalue weighted by atomic mass is 9.97. The molecule has 2 aromatic rings. The minimum atomic E-state index is -0.688. The summed E-state index contributed by atoms with van der Waals surface area (Å²) in [6.07, 6.45) is 9.37. The molecule has 0 spiro atoms. The van der Waals surface area contributed by atoms with Gasteiger partial charge in [-0.1, -0.05) is 17.7 Å². The van der Waals surface area contributed by atoms with E-state index in [0.29, 0.717) is 12.5 Å². The van der Waals surface area contributed by atoms with Gasteiger partial charge >= 0.3 is 0 Å². The first-order valence-electron chi connectivity index (χ1n) is 8.05. The molecule has 24 heavy (non-hydrogen) atoms. The molecule has 0 saturated heterocycles. The van der Waals surface area contributed by atoms with Gasteiger partial charge in [0.15, 0.2) is 5.82 Å². The van der Waals surface area contributed by atoms with Crippen molar-refractivity contribution in [2.75, 3.05) is 17.2 Å². The van der Waals surface area contributed by atoms with Crippen molar-refractivity contribution in [3.05, 3.63) is 47.7 Å². The standard InChI is InChI=1S/C17H19F2N5/c18-13-7-4-8-14(19)16(13)22-15-11-21-24-17(23-15)20-10-9-12-5-2-1-3-6-12/h4-5,7-8,11H,1-3,6,9-10H2,(H2,20,22,23,24). The Morgan fingerprint density at radius 1 is 1.12 bits per heavy atom. The molecule has 1 aliphatic rings. The number of allylic oxidation sites excluding steroid dienone is 1. The van der Waals surface area contributed by atoms with Crippen LogP contribution >= 0.6 is 0 Å². The topological polar surface area (TPSA) is 62.7 Å². The van der Waals surface area contributed by atoms with Gasteiger partial charge in [-0.05, 0) is 44.2 Å². The second kappa shape index (κ2) is 7.81. The van der Waals surface area contributed by atoms with Gasteiger partial charge in [-0.3, -0.25) is 0 Å². The summed E-state index contributed by atoms with van der Waals surface area (Å²) in [6.45, 7) is 0.699. The highest BCUT2D eigenvalue weighted by atomic mass is 19.1. The zero-order chi connectivity index (χ0) is 16.8. The van der Waals surface area contributed by atoms with E-state index < -0.39 is 11.6 Å². The Bertz CT molecular complexity index is 712. The maximum Gasteiger partial charge on any atom is 0.244 e. The minimum Gasteiger partial charge on any atom is -0.353 e. The molecule has 0 radical (unpaired) electrons. The molecule has 1 heterocycles. The molecule has 3 rings (SSSR count). The zero-order valence-corrected chi connectivity index (χ0v) is 13.2. The number of anilines is 3. The smallest absolute Gasteiger partial charge is 0.244 e. The van der Waals surface area contributed by atoms with Crippen molar-refractivity contribution in [1.29, 1.82) is 0 Å². The number of rotatable bonds is 6. The van der Waals surface area contributed by atoms with Crippen molar-refractivity contribution in [1.82, 2.24) is 15.2 Å². The third-order valence-electron chi connectivity index (χ3n) is 3.89. The molecule has 0 bridgehead atoms. The number of halogens is 2. The van der Waals surface area contributed by atoms with Gasteiger partial charge in [0.2, 0.25) is 5.95 Å². The van der Waals surface area contributed by atoms with Crippen molar-refractivity contribution >= 4 is 17.5 Å². The van der Waals surface area contributed by atoms with E-state index in [4.69, 9.17) is 0 Å². The van der Waals surface area contributed by atoms with E-state index in [1.807, 2.05) is 0 Å². The normalized spacial score (nSPS) is 14.2. The lowest BCUT2D eigenvalue weighted by molar-refractivity contribution is 0.590. The van der Waals surface area contributed by atoms with E-state index in [-0.39, 0.29) is 11.5 Å². The van der Waals surface area contributed by atoms with Crippen LogP contribution in [0.5, 0.6) is 0 Å². The Labute approximate surface area is 139 Å². The first-order chi connectivity index (χ1) is 11.7. The second-order valence-electron chi connectivity index (χ2n) is 5.67. The minimum absolute atomic E-state index is 0.230. The van der Waals surface area contributed by atoms with E-state index in [1.54, 1.807) is 0 Å². The second-order valence-corrected chi connectivity index (χ2v) is 5.67. The Balaban J connectivity index is 1.60. The van der Waals surface area contributed by atoms with Crippen LogP contribution in [0.2, 0.25) is 0 Å². The van der Waals surface area contributed by atoms with Gasteiger partial charge in [-0.15, -0.1) is 5.10 Å². The van der Waals surface area contributed by atoms with Crippen molar-refractivity contribution in [3.63, 3.8) is 0 Å². The van der Waals surface area contributed by atoms with Gasteiger partial charge in [0, 0.05) is 6.54 Å². The molecule has 5 nitrogen and oxygen atoms in total. The summed E-state index contributed by atoms with van der Waals surface area (Å²) in [5.41, 5.74) is 1.20. The molecule has 1 aromatic carbocycles. The highest BCUT2D eigenvalue weighted by Crippen LogP contribution is 2.22. The summed E-state index contributed by atoms with van der Waals surface area (Å²) < 4.78 is 27.3. The fourth-order valence-electron chi connectivity index (χ4n) is 2.65. The van der Waals surface area contributed by atoms with Crippen LogP contribution in [0.15, 0.2) is 36.0 Å². The molecule has 0 aliphatic heterocycles. The predicted octanol–water partition coefficient (Wildman–Crippen LogP) is 4.20. The van der Waals surface area contributed by atoms with E-state index in [1.165, 1.54) is 42.8 Å². The molecule has 7 heteroatoms. The highest BCUT2D eigenvalue weighted by Gasteiger charge is 2.10. The van der Waals surface area contributed by atoms with Crippen LogP contribution in [0.1, 0.15) is 32.1 Å². The maximum absolute atomic E-state index is 13.7. The summed E-state index contributed by atoms with van der Waals surface area (Å²) in [5.74, 6) is -0.818. The van der Waals surface area contributed by atoms with Crippen molar-refractivity contribution in [2.45, 2.75) is 32.1 Å². The van der Waals surface area contributed by atoms with Crippen molar-refractivity contribution in [3.8, 4) is 0 Å². The summed E-state index contributed by atoms with van der Waals surface area (Å²) in [7, 11) is 0. The number of hydrogen-bond acceptors (Lipinski definition) is 5. The van der Waals surface area contributed by atoms with Crippen LogP contribution in [-0.2, 0) is 0 Å². The average molecular weight is 331 g/mol. The van der Waals surface area contributed by atoms with Gasteiger partial charge in [-0.25, -0.2) is 8.78 Å². The zero-order valence-electron chi connectivity index (χ0n) is 13.2. The molecule has 0 unspecified atom stereocenters. The first kappa shape index (κ1) is 16.3. The number of nitrogens with zero attached hydrogens (tertiary/aromatic N) is 3. The van der Waals surface area contributed by atoms with E-state index in [0.717, 1.165) is 19.3 Å². The third kappa shape index (κ3) is 4.24. The van der Waals surface area contributed by atoms with Gasteiger partial charge in [0.05, 0.1) is 6.20 Å². The van der Waals surface area contributed by atoms with Crippen LogP contribution in [0, 0.1) is 11.6 Å². The molecular formula is C17H19F2N5. The molecule has 1 aliphatic carbocycles. The summed E-state index contributed by atoms with van der Waals surface area (Å²) in [6, 6.07) is 3.66. The molecule has 2 N–H and O–H groups in total. The molecule has 0 atom stereocenters. The number of para-hydroxylation sites is 1. The van der Waals surface area contributed by atoms with E-state index in [2.05, 4.69) is 31.9 Å². The molecule has 1 aromatic heterocycles. The molecule has 126 valence electrons. The number of benzene rings is 1. The van der Waals surface area contributed by atoms with E-state index >= 15 is 0 Å². The molecule has 0 amide bonds. The molecular weight excluding hydrogens is 312 g/mol. The van der Waals surface area contributed by atoms with Crippen LogP contribution in [-0.4, -0.2) is 21.7 Å². The molecule has 0 fully saturated rings. The lowest BCUT2D eigenvalue weighted by Crippen LogP contribution is -2.09. The van der Waals surface area contributed by atoms with Gasteiger partial charge in [-0.2, -0.15) is 10.1 Å². The Hall–Kier alpha value is -2.57. The van der Waals surface area contributed by atoms with Gasteiger partial charge in [0.1, 0.15) is 17.3 Å². The first-order valence-corrected chi connectivity index (χ1v) is 8.05. The van der Waals surface area contributed by atoms with Gasteiger partial charge < -0.3 is 10.6 Å². The number of hydrogen-bond donors (Lipinski definition) is 2. The monoisotopic (exact) mass is 331 g/mol. The maximum atomic E-state index is 13.7. The van der Waals surface area contributed by atoms with Crippen LogP contribution in [0.3, 0.4) is 0 Å². The predicted molar refractivity (Wildman–Crippen MR) is 89.1 cm³/mol. The van der Waals surface area contributed by atoms with E-state index in [9.17, 15) is 8.78 Å². The van der Waals surface area contributed by atoms with Crippen LogP contribution in [0.25, 0.3) is 0 Å².